The molecule has 0 aromatic heterocycles. The second kappa shape index (κ2) is 7.95. The number of benzene rings is 1. The molecule has 1 amide bonds. The Bertz CT molecular complexity index is 353. The zero-order chi connectivity index (χ0) is 11.9. The molecule has 0 spiro atoms. The number of hydrogen-bond donors (Lipinski definition) is 2. The highest BCUT2D eigenvalue weighted by Crippen LogP contribution is 2.04. The lowest BCUT2D eigenvalue weighted by atomic mass is 10.1. The number of ether oxygens (including phenoxy) is 1. The molecule has 0 aliphatic carbocycles. The van der Waals surface area contributed by atoms with Crippen LogP contribution in [0.3, 0.4) is 0 Å². The predicted octanol–water partition coefficient (Wildman–Crippen LogP) is 2.09. The van der Waals surface area contributed by atoms with Crippen molar-refractivity contribution in [2.24, 2.45) is 0 Å². The van der Waals surface area contributed by atoms with Gasteiger partial charge in [-0.1, -0.05) is 30.3 Å². The molecule has 2 N–H and O–H groups in total. The van der Waals surface area contributed by atoms with Gasteiger partial charge in [0, 0.05) is 6.04 Å². The van der Waals surface area contributed by atoms with E-state index in [0.717, 1.165) is 31.5 Å². The molecular formula is C13H19ClN2O2. The van der Waals surface area contributed by atoms with E-state index in [0.29, 0.717) is 6.61 Å². The highest BCUT2D eigenvalue weighted by atomic mass is 35.5. The van der Waals surface area contributed by atoms with Gasteiger partial charge in [0.1, 0.15) is 6.61 Å². The quantitative estimate of drug-likeness (QED) is 0.884. The number of halogens is 1. The fourth-order valence-electron chi connectivity index (χ4n) is 1.90. The van der Waals surface area contributed by atoms with Gasteiger partial charge >= 0.3 is 6.09 Å². The number of alkyl carbamates (subject to hydrolysis) is 1. The van der Waals surface area contributed by atoms with Crippen LogP contribution in [0.5, 0.6) is 0 Å². The Morgan fingerprint density at radius 1 is 1.28 bits per heavy atom. The minimum Gasteiger partial charge on any atom is -0.445 e. The highest BCUT2D eigenvalue weighted by molar-refractivity contribution is 5.85. The minimum absolute atomic E-state index is 0. The summed E-state index contributed by atoms with van der Waals surface area (Å²) in [6.45, 7) is 2.25. The molecule has 2 rings (SSSR count). The molecule has 1 aromatic carbocycles. The van der Waals surface area contributed by atoms with E-state index in [1.165, 1.54) is 0 Å². The lowest BCUT2D eigenvalue weighted by Gasteiger charge is -2.23. The van der Waals surface area contributed by atoms with Crippen LogP contribution in [-0.4, -0.2) is 25.2 Å². The van der Waals surface area contributed by atoms with Crippen molar-refractivity contribution in [3.63, 3.8) is 0 Å². The van der Waals surface area contributed by atoms with E-state index < -0.39 is 0 Å². The van der Waals surface area contributed by atoms with E-state index >= 15 is 0 Å². The summed E-state index contributed by atoms with van der Waals surface area (Å²) in [5.41, 5.74) is 1.01. The molecule has 4 nitrogen and oxygen atoms in total. The Hall–Kier alpha value is -1.26. The van der Waals surface area contributed by atoms with Gasteiger partial charge in [-0.25, -0.2) is 4.79 Å². The molecule has 1 aromatic rings. The standard InChI is InChI=1S/C13H18N2O2.ClH/c16-13(15-12-6-8-14-9-7-12)17-10-11-4-2-1-3-5-11;/h1-5,12,14H,6-10H2,(H,15,16);1H. The Labute approximate surface area is 114 Å². The molecule has 0 radical (unpaired) electrons. The minimum atomic E-state index is -0.319. The molecule has 0 unspecified atom stereocenters. The summed E-state index contributed by atoms with van der Waals surface area (Å²) in [5, 5.41) is 6.14. The van der Waals surface area contributed by atoms with Crippen molar-refractivity contribution >= 4 is 18.5 Å². The Kier molecular flexibility index (Phi) is 6.54. The van der Waals surface area contributed by atoms with Crippen LogP contribution in [0.4, 0.5) is 4.79 Å². The number of hydrogen-bond acceptors (Lipinski definition) is 3. The maximum absolute atomic E-state index is 11.5. The average molecular weight is 271 g/mol. The van der Waals surface area contributed by atoms with E-state index in [4.69, 9.17) is 4.74 Å². The van der Waals surface area contributed by atoms with E-state index in [-0.39, 0.29) is 24.5 Å². The second-order valence-corrected chi connectivity index (χ2v) is 4.23. The maximum atomic E-state index is 11.5. The Balaban J connectivity index is 0.00000162. The van der Waals surface area contributed by atoms with Gasteiger partial charge in [-0.2, -0.15) is 0 Å². The highest BCUT2D eigenvalue weighted by Gasteiger charge is 2.15. The predicted molar refractivity (Wildman–Crippen MR) is 72.9 cm³/mol. The number of piperidine rings is 1. The van der Waals surface area contributed by atoms with Crippen LogP contribution in [0, 0.1) is 0 Å². The number of nitrogens with one attached hydrogen (secondary N) is 2. The van der Waals surface area contributed by atoms with Crippen molar-refractivity contribution in [1.29, 1.82) is 0 Å². The molecule has 0 atom stereocenters. The SMILES string of the molecule is Cl.O=C(NC1CCNCC1)OCc1ccccc1. The van der Waals surface area contributed by atoms with Crippen molar-refractivity contribution in [2.75, 3.05) is 13.1 Å². The van der Waals surface area contributed by atoms with Gasteiger partial charge < -0.3 is 15.4 Å². The normalized spacial score (nSPS) is 15.6. The molecule has 1 fully saturated rings. The summed E-state index contributed by atoms with van der Waals surface area (Å²) in [7, 11) is 0. The Morgan fingerprint density at radius 2 is 1.94 bits per heavy atom. The molecule has 1 saturated heterocycles. The molecule has 18 heavy (non-hydrogen) atoms. The Morgan fingerprint density at radius 3 is 2.61 bits per heavy atom. The fourth-order valence-corrected chi connectivity index (χ4v) is 1.90. The van der Waals surface area contributed by atoms with Crippen molar-refractivity contribution in [3.05, 3.63) is 35.9 Å². The molecule has 5 heteroatoms. The number of amides is 1. The molecule has 1 heterocycles. The summed E-state index contributed by atoms with van der Waals surface area (Å²) in [5.74, 6) is 0. The topological polar surface area (TPSA) is 50.4 Å². The number of carbonyl (C=O) groups is 1. The van der Waals surface area contributed by atoms with Crippen molar-refractivity contribution in [2.45, 2.75) is 25.5 Å². The van der Waals surface area contributed by atoms with Gasteiger partial charge in [0.25, 0.3) is 0 Å². The number of carbonyl (C=O) groups excluding carboxylic acids is 1. The summed E-state index contributed by atoms with van der Waals surface area (Å²) in [6.07, 6.45) is 1.63. The zero-order valence-electron chi connectivity index (χ0n) is 10.2. The average Bonchev–Trinajstić information content (AvgIpc) is 2.39. The molecule has 1 aliphatic heterocycles. The zero-order valence-corrected chi connectivity index (χ0v) is 11.0. The fraction of sp³-hybridized carbons (Fsp3) is 0.462. The van der Waals surface area contributed by atoms with Crippen LogP contribution in [0.1, 0.15) is 18.4 Å². The first kappa shape index (κ1) is 14.8. The van der Waals surface area contributed by atoms with Crippen molar-refractivity contribution in [3.8, 4) is 0 Å². The van der Waals surface area contributed by atoms with Crippen LogP contribution < -0.4 is 10.6 Å². The largest absolute Gasteiger partial charge is 0.445 e. The van der Waals surface area contributed by atoms with E-state index in [1.807, 2.05) is 30.3 Å². The van der Waals surface area contributed by atoms with Crippen LogP contribution in [0.25, 0.3) is 0 Å². The first-order chi connectivity index (χ1) is 8.34. The third-order valence-corrected chi connectivity index (χ3v) is 2.87. The van der Waals surface area contributed by atoms with Crippen molar-refractivity contribution < 1.29 is 9.53 Å². The first-order valence-corrected chi connectivity index (χ1v) is 6.02. The monoisotopic (exact) mass is 270 g/mol. The first-order valence-electron chi connectivity index (χ1n) is 6.02. The van der Waals surface area contributed by atoms with Crippen LogP contribution >= 0.6 is 12.4 Å². The van der Waals surface area contributed by atoms with E-state index in [9.17, 15) is 4.79 Å². The van der Waals surface area contributed by atoms with E-state index in [1.54, 1.807) is 0 Å². The van der Waals surface area contributed by atoms with Gasteiger partial charge in [0.15, 0.2) is 0 Å². The molecule has 0 bridgehead atoms. The smallest absolute Gasteiger partial charge is 0.407 e. The van der Waals surface area contributed by atoms with Crippen molar-refractivity contribution in [1.82, 2.24) is 10.6 Å². The molecular weight excluding hydrogens is 252 g/mol. The molecule has 1 aliphatic rings. The van der Waals surface area contributed by atoms with Crippen LogP contribution in [0.15, 0.2) is 30.3 Å². The third kappa shape index (κ3) is 4.94. The lowest BCUT2D eigenvalue weighted by molar-refractivity contribution is 0.133. The summed E-state index contributed by atoms with van der Waals surface area (Å²) in [6, 6.07) is 9.95. The van der Waals surface area contributed by atoms with Gasteiger partial charge in [-0.05, 0) is 31.5 Å². The summed E-state index contributed by atoms with van der Waals surface area (Å²) < 4.78 is 5.16. The maximum Gasteiger partial charge on any atom is 0.407 e. The third-order valence-electron chi connectivity index (χ3n) is 2.87. The van der Waals surface area contributed by atoms with Gasteiger partial charge in [0.05, 0.1) is 0 Å². The molecule has 0 saturated carbocycles. The van der Waals surface area contributed by atoms with E-state index in [2.05, 4.69) is 10.6 Å². The van der Waals surface area contributed by atoms with Gasteiger partial charge in [-0.15, -0.1) is 12.4 Å². The molecule has 100 valence electrons. The second-order valence-electron chi connectivity index (χ2n) is 4.23. The summed E-state index contributed by atoms with van der Waals surface area (Å²) in [4.78, 5) is 11.5. The number of rotatable bonds is 3. The van der Waals surface area contributed by atoms with Gasteiger partial charge in [0.2, 0.25) is 0 Å². The summed E-state index contributed by atoms with van der Waals surface area (Å²) >= 11 is 0. The van der Waals surface area contributed by atoms with Gasteiger partial charge in [-0.3, -0.25) is 0 Å². The van der Waals surface area contributed by atoms with Crippen LogP contribution in [0.2, 0.25) is 0 Å². The lowest BCUT2D eigenvalue weighted by Crippen LogP contribution is -2.42. The van der Waals surface area contributed by atoms with Crippen LogP contribution in [-0.2, 0) is 11.3 Å².